The predicted octanol–water partition coefficient (Wildman–Crippen LogP) is 4.37. The largest absolute Gasteiger partial charge is 0.452 e. The minimum absolute atomic E-state index is 0.139. The van der Waals surface area contributed by atoms with Gasteiger partial charge in [0.15, 0.2) is 12.4 Å². The Bertz CT molecular complexity index is 1000. The van der Waals surface area contributed by atoms with Crippen LogP contribution in [0.1, 0.15) is 26.3 Å². The topological polar surface area (TPSA) is 72.5 Å². The molecule has 1 N–H and O–H groups in total. The van der Waals surface area contributed by atoms with E-state index >= 15 is 0 Å². The molecule has 0 bridgehead atoms. The summed E-state index contributed by atoms with van der Waals surface area (Å²) in [5, 5.41) is 2.96. The van der Waals surface area contributed by atoms with Crippen LogP contribution in [0.3, 0.4) is 0 Å². The minimum atomic E-state index is -0.659. The highest BCUT2D eigenvalue weighted by Gasteiger charge is 2.13. The Hall–Kier alpha value is -3.44. The molecule has 5 nitrogen and oxygen atoms in total. The summed E-state index contributed by atoms with van der Waals surface area (Å²) in [7, 11) is 0. The molecule has 0 unspecified atom stereocenters. The number of amides is 1. The molecule has 3 aromatic carbocycles. The van der Waals surface area contributed by atoms with Crippen LogP contribution in [0.15, 0.2) is 78.9 Å². The first-order valence-corrected chi connectivity index (χ1v) is 8.84. The quantitative estimate of drug-likeness (QED) is 0.498. The lowest BCUT2D eigenvalue weighted by Crippen LogP contribution is -2.21. The number of ether oxygens (including phenoxy) is 1. The number of esters is 1. The van der Waals surface area contributed by atoms with E-state index in [2.05, 4.69) is 5.32 Å². The molecular weight excluding hydrogens is 378 g/mol. The minimum Gasteiger partial charge on any atom is -0.452 e. The zero-order valence-electron chi connectivity index (χ0n) is 14.7. The third-order valence-electron chi connectivity index (χ3n) is 3.90. The molecule has 3 rings (SSSR count). The van der Waals surface area contributed by atoms with E-state index in [0.717, 1.165) is 0 Å². The van der Waals surface area contributed by atoms with E-state index in [1.54, 1.807) is 60.7 Å². The van der Waals surface area contributed by atoms with Crippen LogP contribution < -0.4 is 5.32 Å². The van der Waals surface area contributed by atoms with E-state index in [-0.39, 0.29) is 11.3 Å². The van der Waals surface area contributed by atoms with Gasteiger partial charge in [0.2, 0.25) is 0 Å². The summed E-state index contributed by atoms with van der Waals surface area (Å²) in [5.74, 6) is -1.30. The van der Waals surface area contributed by atoms with Gasteiger partial charge >= 0.3 is 5.97 Å². The second-order valence-corrected chi connectivity index (χ2v) is 6.28. The molecule has 0 aliphatic heterocycles. The standard InChI is InChI=1S/C22H16ClNO4/c23-18-8-4-5-9-19(18)24-20(25)14-28-22(27)17-12-10-16(11-13-17)21(26)15-6-2-1-3-7-15/h1-13H,14H2,(H,24,25). The molecule has 140 valence electrons. The van der Waals surface area contributed by atoms with E-state index in [0.29, 0.717) is 21.8 Å². The summed E-state index contributed by atoms with van der Waals surface area (Å²) in [6.45, 7) is -0.450. The van der Waals surface area contributed by atoms with Gasteiger partial charge in [-0.15, -0.1) is 0 Å². The van der Waals surface area contributed by atoms with Gasteiger partial charge in [-0.25, -0.2) is 4.79 Å². The smallest absolute Gasteiger partial charge is 0.338 e. The third-order valence-corrected chi connectivity index (χ3v) is 4.23. The molecule has 1 amide bonds. The van der Waals surface area contributed by atoms with Crippen molar-refractivity contribution < 1.29 is 19.1 Å². The third kappa shape index (κ3) is 4.84. The lowest BCUT2D eigenvalue weighted by atomic mass is 10.0. The number of halogens is 1. The number of anilines is 1. The van der Waals surface area contributed by atoms with Crippen LogP contribution in [0.5, 0.6) is 0 Å². The maximum absolute atomic E-state index is 12.4. The molecule has 0 radical (unpaired) electrons. The van der Waals surface area contributed by atoms with Gasteiger partial charge < -0.3 is 10.1 Å². The average Bonchev–Trinajstić information content (AvgIpc) is 2.74. The van der Waals surface area contributed by atoms with Crippen molar-refractivity contribution in [1.29, 1.82) is 0 Å². The SMILES string of the molecule is O=C(COC(=O)c1ccc(C(=O)c2ccccc2)cc1)Nc1ccccc1Cl. The molecular formula is C22H16ClNO4. The van der Waals surface area contributed by atoms with E-state index < -0.39 is 18.5 Å². The van der Waals surface area contributed by atoms with E-state index in [9.17, 15) is 14.4 Å². The summed E-state index contributed by atoms with van der Waals surface area (Å²) in [6.07, 6.45) is 0. The number of nitrogens with one attached hydrogen (secondary N) is 1. The summed E-state index contributed by atoms with van der Waals surface area (Å²) in [5.41, 5.74) is 1.71. The first-order chi connectivity index (χ1) is 13.5. The zero-order chi connectivity index (χ0) is 19.9. The zero-order valence-corrected chi connectivity index (χ0v) is 15.5. The van der Waals surface area contributed by atoms with Gasteiger partial charge in [0.05, 0.1) is 16.3 Å². The van der Waals surface area contributed by atoms with Crippen LogP contribution in [0, 0.1) is 0 Å². The monoisotopic (exact) mass is 393 g/mol. The number of benzene rings is 3. The Labute approximate surface area is 166 Å². The first-order valence-electron chi connectivity index (χ1n) is 8.46. The van der Waals surface area contributed by atoms with Crippen LogP contribution in [0.25, 0.3) is 0 Å². The molecule has 0 aromatic heterocycles. The number of hydrogen-bond donors (Lipinski definition) is 1. The highest BCUT2D eigenvalue weighted by molar-refractivity contribution is 6.33. The maximum Gasteiger partial charge on any atom is 0.338 e. The summed E-state index contributed by atoms with van der Waals surface area (Å²) in [4.78, 5) is 36.4. The molecule has 0 heterocycles. The fraction of sp³-hybridized carbons (Fsp3) is 0.0455. The van der Waals surface area contributed by atoms with Crippen molar-refractivity contribution in [2.45, 2.75) is 0 Å². The van der Waals surface area contributed by atoms with Crippen molar-refractivity contribution >= 4 is 34.9 Å². The lowest BCUT2D eigenvalue weighted by molar-refractivity contribution is -0.119. The van der Waals surface area contributed by atoms with E-state index in [4.69, 9.17) is 16.3 Å². The first kappa shape index (κ1) is 19.3. The Morgan fingerprint density at radius 3 is 2.00 bits per heavy atom. The normalized spacial score (nSPS) is 10.2. The van der Waals surface area contributed by atoms with Crippen molar-refractivity contribution in [2.24, 2.45) is 0 Å². The number of ketones is 1. The molecule has 6 heteroatoms. The Morgan fingerprint density at radius 2 is 1.32 bits per heavy atom. The van der Waals surface area contributed by atoms with Gasteiger partial charge in [-0.3, -0.25) is 9.59 Å². The number of carbonyl (C=O) groups is 3. The molecule has 0 saturated heterocycles. The number of para-hydroxylation sites is 1. The number of carbonyl (C=O) groups excluding carboxylic acids is 3. The van der Waals surface area contributed by atoms with Crippen molar-refractivity contribution in [1.82, 2.24) is 0 Å². The van der Waals surface area contributed by atoms with Gasteiger partial charge in [-0.2, -0.15) is 0 Å². The second-order valence-electron chi connectivity index (χ2n) is 5.88. The predicted molar refractivity (Wildman–Crippen MR) is 107 cm³/mol. The van der Waals surface area contributed by atoms with Crippen LogP contribution >= 0.6 is 11.6 Å². The number of rotatable bonds is 6. The fourth-order valence-corrected chi connectivity index (χ4v) is 2.66. The molecule has 0 aliphatic rings. The van der Waals surface area contributed by atoms with Gasteiger partial charge in [0.25, 0.3) is 5.91 Å². The lowest BCUT2D eigenvalue weighted by Gasteiger charge is -2.08. The summed E-state index contributed by atoms with van der Waals surface area (Å²) < 4.78 is 5.01. The van der Waals surface area contributed by atoms with Gasteiger partial charge in [-0.1, -0.05) is 66.2 Å². The second kappa shape index (κ2) is 8.97. The van der Waals surface area contributed by atoms with Gasteiger partial charge in [0.1, 0.15) is 0 Å². The Morgan fingerprint density at radius 1 is 0.750 bits per heavy atom. The maximum atomic E-state index is 12.4. The molecule has 0 aliphatic carbocycles. The van der Waals surface area contributed by atoms with E-state index in [1.165, 1.54) is 12.1 Å². The molecule has 28 heavy (non-hydrogen) atoms. The Balaban J connectivity index is 1.57. The van der Waals surface area contributed by atoms with Crippen LogP contribution in [-0.2, 0) is 9.53 Å². The Kier molecular flexibility index (Phi) is 6.19. The van der Waals surface area contributed by atoms with Crippen molar-refractivity contribution in [3.05, 3.63) is 101 Å². The summed E-state index contributed by atoms with van der Waals surface area (Å²) >= 11 is 5.96. The molecule has 0 spiro atoms. The summed E-state index contributed by atoms with van der Waals surface area (Å²) in [6, 6.07) is 21.7. The molecule has 0 atom stereocenters. The average molecular weight is 394 g/mol. The molecule has 0 saturated carbocycles. The van der Waals surface area contributed by atoms with Crippen LogP contribution in [0.2, 0.25) is 5.02 Å². The molecule has 0 fully saturated rings. The van der Waals surface area contributed by atoms with Gasteiger partial charge in [-0.05, 0) is 24.3 Å². The highest BCUT2D eigenvalue weighted by Crippen LogP contribution is 2.20. The fourth-order valence-electron chi connectivity index (χ4n) is 2.48. The van der Waals surface area contributed by atoms with Crippen molar-refractivity contribution in [3.8, 4) is 0 Å². The van der Waals surface area contributed by atoms with Crippen LogP contribution in [-0.4, -0.2) is 24.3 Å². The van der Waals surface area contributed by atoms with E-state index in [1.807, 2.05) is 6.07 Å². The van der Waals surface area contributed by atoms with Crippen molar-refractivity contribution in [2.75, 3.05) is 11.9 Å². The van der Waals surface area contributed by atoms with Crippen molar-refractivity contribution in [3.63, 3.8) is 0 Å². The molecule has 3 aromatic rings. The number of hydrogen-bond acceptors (Lipinski definition) is 4. The highest BCUT2D eigenvalue weighted by atomic mass is 35.5. The van der Waals surface area contributed by atoms with Crippen LogP contribution in [0.4, 0.5) is 5.69 Å². The van der Waals surface area contributed by atoms with Gasteiger partial charge in [0, 0.05) is 11.1 Å².